The molecule has 0 saturated carbocycles. The molecule has 2 aromatic rings. The van der Waals surface area contributed by atoms with E-state index in [2.05, 4.69) is 15.3 Å². The van der Waals surface area contributed by atoms with Crippen LogP contribution in [0.4, 0.5) is 0 Å². The molecule has 0 spiro atoms. The maximum Gasteiger partial charge on any atom is 0.266 e. The van der Waals surface area contributed by atoms with Crippen molar-refractivity contribution in [1.29, 1.82) is 0 Å². The number of nitrogens with one attached hydrogen (secondary N) is 1. The number of pyridine rings is 1. The summed E-state index contributed by atoms with van der Waals surface area (Å²) < 4.78 is 0. The Balaban J connectivity index is 2.34. The zero-order valence-electron chi connectivity index (χ0n) is 9.17. The Kier molecular flexibility index (Phi) is 3.34. The van der Waals surface area contributed by atoms with Gasteiger partial charge in [0.2, 0.25) is 5.88 Å². The summed E-state index contributed by atoms with van der Waals surface area (Å²) in [6.45, 7) is 2.33. The molecular formula is C11H11N3O2S. The Bertz CT molecular complexity index is 525. The lowest BCUT2D eigenvalue weighted by atomic mass is 10.3. The minimum Gasteiger partial charge on any atom is -0.492 e. The first-order valence-corrected chi connectivity index (χ1v) is 5.92. The van der Waals surface area contributed by atoms with Crippen LogP contribution in [0.2, 0.25) is 0 Å². The molecular weight excluding hydrogens is 238 g/mol. The third-order valence-electron chi connectivity index (χ3n) is 2.08. The minimum absolute atomic E-state index is 0.229. The summed E-state index contributed by atoms with van der Waals surface area (Å²) in [6.07, 6.45) is 3.28. The summed E-state index contributed by atoms with van der Waals surface area (Å²) in [5, 5.41) is 12.8. The van der Waals surface area contributed by atoms with Crippen LogP contribution in [0, 0.1) is 0 Å². The molecule has 6 heteroatoms. The SMILES string of the molecule is CCNC(=O)c1sc(-c2ccncc2)nc1O. The zero-order valence-corrected chi connectivity index (χ0v) is 9.99. The van der Waals surface area contributed by atoms with Crippen molar-refractivity contribution in [1.82, 2.24) is 15.3 Å². The topological polar surface area (TPSA) is 75.1 Å². The summed E-state index contributed by atoms with van der Waals surface area (Å²) in [5.41, 5.74) is 0.829. The Morgan fingerprint density at radius 2 is 2.18 bits per heavy atom. The van der Waals surface area contributed by atoms with Crippen LogP contribution in [-0.2, 0) is 0 Å². The summed E-state index contributed by atoms with van der Waals surface area (Å²) in [5.74, 6) is -0.532. The number of aromatic nitrogens is 2. The summed E-state index contributed by atoms with van der Waals surface area (Å²) in [4.78, 5) is 19.7. The number of rotatable bonds is 3. The Labute approximate surface area is 102 Å². The fourth-order valence-electron chi connectivity index (χ4n) is 1.32. The second kappa shape index (κ2) is 4.92. The summed E-state index contributed by atoms with van der Waals surface area (Å²) >= 11 is 1.16. The van der Waals surface area contributed by atoms with E-state index in [0.717, 1.165) is 16.9 Å². The highest BCUT2D eigenvalue weighted by Crippen LogP contribution is 2.31. The molecule has 0 saturated heterocycles. The van der Waals surface area contributed by atoms with E-state index >= 15 is 0 Å². The van der Waals surface area contributed by atoms with Crippen molar-refractivity contribution >= 4 is 17.2 Å². The third-order valence-corrected chi connectivity index (χ3v) is 3.17. The Morgan fingerprint density at radius 3 is 2.82 bits per heavy atom. The van der Waals surface area contributed by atoms with Crippen LogP contribution in [-0.4, -0.2) is 27.5 Å². The largest absolute Gasteiger partial charge is 0.492 e. The number of hydrogen-bond donors (Lipinski definition) is 2. The number of thiazole rings is 1. The predicted octanol–water partition coefficient (Wildman–Crippen LogP) is 1.66. The van der Waals surface area contributed by atoms with Gasteiger partial charge in [0.25, 0.3) is 5.91 Å². The summed E-state index contributed by atoms with van der Waals surface area (Å²) in [6, 6.07) is 3.56. The van der Waals surface area contributed by atoms with Crippen LogP contribution in [0.3, 0.4) is 0 Å². The van der Waals surface area contributed by atoms with Gasteiger partial charge in [-0.15, -0.1) is 11.3 Å². The maximum atomic E-state index is 11.6. The van der Waals surface area contributed by atoms with Gasteiger partial charge < -0.3 is 10.4 Å². The normalized spacial score (nSPS) is 10.2. The van der Waals surface area contributed by atoms with Crippen molar-refractivity contribution in [2.45, 2.75) is 6.92 Å². The van der Waals surface area contributed by atoms with Crippen LogP contribution < -0.4 is 5.32 Å². The number of amides is 1. The highest BCUT2D eigenvalue weighted by atomic mass is 32.1. The van der Waals surface area contributed by atoms with Crippen molar-refractivity contribution in [2.75, 3.05) is 6.54 Å². The van der Waals surface area contributed by atoms with Crippen LogP contribution >= 0.6 is 11.3 Å². The Morgan fingerprint density at radius 1 is 1.47 bits per heavy atom. The second-order valence-corrected chi connectivity index (χ2v) is 4.27. The average molecular weight is 249 g/mol. The van der Waals surface area contributed by atoms with Crippen molar-refractivity contribution in [2.24, 2.45) is 0 Å². The maximum absolute atomic E-state index is 11.6. The molecule has 0 radical (unpaired) electrons. The van der Waals surface area contributed by atoms with Crippen molar-refractivity contribution in [3.8, 4) is 16.5 Å². The molecule has 2 rings (SSSR count). The highest BCUT2D eigenvalue weighted by Gasteiger charge is 2.17. The van der Waals surface area contributed by atoms with Crippen LogP contribution in [0.5, 0.6) is 5.88 Å². The second-order valence-electron chi connectivity index (χ2n) is 3.27. The lowest BCUT2D eigenvalue weighted by Gasteiger charge is -1.97. The van der Waals surface area contributed by atoms with Gasteiger partial charge in [-0.2, -0.15) is 0 Å². The average Bonchev–Trinajstić information content (AvgIpc) is 2.73. The molecule has 0 aliphatic rings. The third kappa shape index (κ3) is 2.42. The summed E-state index contributed by atoms with van der Waals surface area (Å²) in [7, 11) is 0. The molecule has 0 unspecified atom stereocenters. The molecule has 0 atom stereocenters. The fourth-order valence-corrected chi connectivity index (χ4v) is 2.20. The minimum atomic E-state index is -0.303. The first-order chi connectivity index (χ1) is 8.22. The number of carbonyl (C=O) groups is 1. The van der Waals surface area contributed by atoms with Gasteiger partial charge in [-0.3, -0.25) is 9.78 Å². The van der Waals surface area contributed by atoms with E-state index in [1.54, 1.807) is 24.5 Å². The van der Waals surface area contributed by atoms with Gasteiger partial charge in [-0.05, 0) is 19.1 Å². The highest BCUT2D eigenvalue weighted by molar-refractivity contribution is 7.17. The lowest BCUT2D eigenvalue weighted by Crippen LogP contribution is -2.21. The number of nitrogens with zero attached hydrogens (tertiary/aromatic N) is 2. The van der Waals surface area contributed by atoms with Gasteiger partial charge in [-0.25, -0.2) is 4.98 Å². The predicted molar refractivity (Wildman–Crippen MR) is 65.0 cm³/mol. The number of aromatic hydroxyl groups is 1. The molecule has 1 amide bonds. The standard InChI is InChI=1S/C11H11N3O2S/c1-2-13-9(15)8-10(16)14-11(17-8)7-3-5-12-6-4-7/h3-6,16H,2H2,1H3,(H,13,15). The first kappa shape index (κ1) is 11.5. The molecule has 88 valence electrons. The quantitative estimate of drug-likeness (QED) is 0.867. The van der Waals surface area contributed by atoms with E-state index in [1.165, 1.54) is 0 Å². The molecule has 0 fully saturated rings. The lowest BCUT2D eigenvalue weighted by molar-refractivity contribution is 0.0957. The molecule has 0 aliphatic carbocycles. The molecule has 0 aromatic carbocycles. The van der Waals surface area contributed by atoms with Gasteiger partial charge in [-0.1, -0.05) is 0 Å². The smallest absolute Gasteiger partial charge is 0.266 e. The zero-order chi connectivity index (χ0) is 12.3. The van der Waals surface area contributed by atoms with Gasteiger partial charge in [0.15, 0.2) is 4.88 Å². The van der Waals surface area contributed by atoms with Gasteiger partial charge in [0.1, 0.15) is 5.01 Å². The molecule has 0 aliphatic heterocycles. The van der Waals surface area contributed by atoms with Crippen LogP contribution in [0.25, 0.3) is 10.6 Å². The molecule has 0 bridgehead atoms. The van der Waals surface area contributed by atoms with Crippen molar-refractivity contribution < 1.29 is 9.90 Å². The van der Waals surface area contributed by atoms with E-state index in [4.69, 9.17) is 0 Å². The van der Waals surface area contributed by atoms with Gasteiger partial charge in [0.05, 0.1) is 0 Å². The van der Waals surface area contributed by atoms with Crippen LogP contribution in [0.15, 0.2) is 24.5 Å². The Hall–Kier alpha value is -1.95. The van der Waals surface area contributed by atoms with E-state index < -0.39 is 0 Å². The van der Waals surface area contributed by atoms with Crippen LogP contribution in [0.1, 0.15) is 16.6 Å². The monoisotopic (exact) mass is 249 g/mol. The van der Waals surface area contributed by atoms with E-state index in [9.17, 15) is 9.90 Å². The van der Waals surface area contributed by atoms with Gasteiger partial charge >= 0.3 is 0 Å². The van der Waals surface area contributed by atoms with Crippen molar-refractivity contribution in [3.63, 3.8) is 0 Å². The molecule has 5 nitrogen and oxygen atoms in total. The van der Waals surface area contributed by atoms with Crippen molar-refractivity contribution in [3.05, 3.63) is 29.4 Å². The fraction of sp³-hybridized carbons (Fsp3) is 0.182. The molecule has 2 N–H and O–H groups in total. The molecule has 2 aromatic heterocycles. The van der Waals surface area contributed by atoms with E-state index in [-0.39, 0.29) is 16.7 Å². The first-order valence-electron chi connectivity index (χ1n) is 5.10. The van der Waals surface area contributed by atoms with E-state index in [1.807, 2.05) is 6.92 Å². The molecule has 2 heterocycles. The molecule has 17 heavy (non-hydrogen) atoms. The van der Waals surface area contributed by atoms with Gasteiger partial charge in [0, 0.05) is 24.5 Å². The van der Waals surface area contributed by atoms with E-state index in [0.29, 0.717) is 11.6 Å². The number of hydrogen-bond acceptors (Lipinski definition) is 5. The number of carbonyl (C=O) groups excluding carboxylic acids is 1.